The van der Waals surface area contributed by atoms with E-state index in [4.69, 9.17) is 9.68 Å². The summed E-state index contributed by atoms with van der Waals surface area (Å²) in [6, 6.07) is 8.67. The van der Waals surface area contributed by atoms with Gasteiger partial charge in [0.2, 0.25) is 0 Å². The normalized spacial score (nSPS) is 12.7. The molecule has 1 aromatic carbocycles. The molecule has 0 saturated carbocycles. The van der Waals surface area contributed by atoms with Gasteiger partial charge in [0.1, 0.15) is 5.60 Å². The lowest BCUT2D eigenvalue weighted by Crippen LogP contribution is -2.29. The van der Waals surface area contributed by atoms with Crippen LogP contribution in [-0.4, -0.2) is 15.3 Å². The van der Waals surface area contributed by atoms with Gasteiger partial charge in [-0.1, -0.05) is 12.1 Å². The van der Waals surface area contributed by atoms with Crippen molar-refractivity contribution < 1.29 is 9.52 Å². The number of aliphatic hydroxyl groups is 1. The van der Waals surface area contributed by atoms with E-state index in [1.54, 1.807) is 24.3 Å². The van der Waals surface area contributed by atoms with Gasteiger partial charge in [0.05, 0.1) is 17.3 Å². The van der Waals surface area contributed by atoms with Crippen molar-refractivity contribution in [2.45, 2.75) is 19.4 Å². The van der Waals surface area contributed by atoms with Gasteiger partial charge in [-0.2, -0.15) is 5.26 Å². The molecule has 0 bridgehead atoms. The molecule has 5 heteroatoms. The average molecular weight is 244 g/mol. The van der Waals surface area contributed by atoms with Crippen molar-refractivity contribution in [3.8, 4) is 6.07 Å². The summed E-state index contributed by atoms with van der Waals surface area (Å²) < 4.78 is 6.27. The first kappa shape index (κ1) is 12.1. The van der Waals surface area contributed by atoms with E-state index in [2.05, 4.69) is 0 Å². The van der Waals surface area contributed by atoms with Crippen molar-refractivity contribution >= 4 is 16.8 Å². The molecular weight excluding hydrogens is 232 g/mol. The standard InChI is InChI=1S/C13H12N2O3/c1-13(2,17)11(7-8-14)15-9-5-3-4-6-10(9)18-12(15)16/h3-7,17H,1-2H3/b11-7-. The number of benzene rings is 1. The van der Waals surface area contributed by atoms with Crippen molar-refractivity contribution in [3.05, 3.63) is 40.9 Å². The number of aromatic nitrogens is 1. The molecule has 5 nitrogen and oxygen atoms in total. The van der Waals surface area contributed by atoms with Gasteiger partial charge in [-0.05, 0) is 26.0 Å². The summed E-state index contributed by atoms with van der Waals surface area (Å²) in [6.45, 7) is 3.01. The molecule has 0 saturated heterocycles. The molecule has 1 N–H and O–H groups in total. The highest BCUT2D eigenvalue weighted by Crippen LogP contribution is 2.24. The lowest BCUT2D eigenvalue weighted by molar-refractivity contribution is 0.137. The Balaban J connectivity index is 2.82. The van der Waals surface area contributed by atoms with E-state index < -0.39 is 11.4 Å². The van der Waals surface area contributed by atoms with Crippen molar-refractivity contribution in [3.63, 3.8) is 0 Å². The predicted octanol–water partition coefficient (Wildman–Crippen LogP) is 1.73. The molecule has 92 valence electrons. The maximum Gasteiger partial charge on any atom is 0.424 e. The molecule has 1 aromatic heterocycles. The number of allylic oxidation sites excluding steroid dienone is 1. The van der Waals surface area contributed by atoms with Gasteiger partial charge in [0.15, 0.2) is 5.58 Å². The molecule has 0 aliphatic carbocycles. The number of oxazole rings is 1. The highest BCUT2D eigenvalue weighted by atomic mass is 16.4. The zero-order chi connectivity index (χ0) is 13.3. The first-order valence-corrected chi connectivity index (χ1v) is 5.39. The fourth-order valence-electron chi connectivity index (χ4n) is 1.77. The highest BCUT2D eigenvalue weighted by molar-refractivity contribution is 5.78. The van der Waals surface area contributed by atoms with Crippen LogP contribution in [-0.2, 0) is 0 Å². The molecule has 0 unspecified atom stereocenters. The van der Waals surface area contributed by atoms with Crippen molar-refractivity contribution in [1.29, 1.82) is 5.26 Å². The number of hydrogen-bond acceptors (Lipinski definition) is 4. The van der Waals surface area contributed by atoms with E-state index in [1.165, 1.54) is 18.4 Å². The van der Waals surface area contributed by atoms with Crippen LogP contribution in [0.25, 0.3) is 16.8 Å². The lowest BCUT2D eigenvalue weighted by Gasteiger charge is -2.20. The van der Waals surface area contributed by atoms with Gasteiger partial charge < -0.3 is 9.52 Å². The highest BCUT2D eigenvalue weighted by Gasteiger charge is 2.25. The van der Waals surface area contributed by atoms with Crippen molar-refractivity contribution in [2.24, 2.45) is 0 Å². The molecule has 18 heavy (non-hydrogen) atoms. The minimum Gasteiger partial charge on any atom is -0.407 e. The SMILES string of the molecule is CC(C)(O)/C(=C/C#N)n1c(=O)oc2ccccc21. The zero-order valence-electron chi connectivity index (χ0n) is 10.0. The van der Waals surface area contributed by atoms with E-state index in [9.17, 15) is 9.90 Å². The molecule has 0 amide bonds. The first-order valence-electron chi connectivity index (χ1n) is 5.39. The van der Waals surface area contributed by atoms with Gasteiger partial charge in [-0.15, -0.1) is 0 Å². The van der Waals surface area contributed by atoms with E-state index in [0.717, 1.165) is 6.08 Å². The number of hydrogen-bond donors (Lipinski definition) is 1. The second kappa shape index (κ2) is 4.17. The van der Waals surface area contributed by atoms with Crippen LogP contribution in [0.3, 0.4) is 0 Å². The van der Waals surface area contributed by atoms with Gasteiger partial charge in [-0.3, -0.25) is 0 Å². The molecule has 0 aliphatic rings. The Bertz CT molecular complexity index is 708. The molecule has 2 rings (SSSR count). The van der Waals surface area contributed by atoms with Crippen LogP contribution < -0.4 is 5.76 Å². The Hall–Kier alpha value is -2.32. The molecule has 0 spiro atoms. The Morgan fingerprint density at radius 2 is 2.17 bits per heavy atom. The van der Waals surface area contributed by atoms with Crippen LogP contribution in [0.15, 0.2) is 39.6 Å². The summed E-state index contributed by atoms with van der Waals surface area (Å²) in [7, 11) is 0. The quantitative estimate of drug-likeness (QED) is 0.816. The van der Waals surface area contributed by atoms with Crippen LogP contribution in [0, 0.1) is 11.3 Å². The maximum absolute atomic E-state index is 11.8. The number of nitriles is 1. The topological polar surface area (TPSA) is 79.2 Å². The molecular formula is C13H12N2O3. The zero-order valence-corrected chi connectivity index (χ0v) is 10.0. The Kier molecular flexibility index (Phi) is 2.81. The van der Waals surface area contributed by atoms with Gasteiger partial charge >= 0.3 is 5.76 Å². The Morgan fingerprint density at radius 3 is 2.78 bits per heavy atom. The lowest BCUT2D eigenvalue weighted by atomic mass is 10.0. The van der Waals surface area contributed by atoms with Crippen LogP contribution in [0.2, 0.25) is 0 Å². The molecule has 0 atom stereocenters. The smallest absolute Gasteiger partial charge is 0.407 e. The maximum atomic E-state index is 11.8. The summed E-state index contributed by atoms with van der Waals surface area (Å²) in [6.07, 6.45) is 1.14. The molecule has 0 radical (unpaired) electrons. The minimum atomic E-state index is -1.33. The van der Waals surface area contributed by atoms with E-state index >= 15 is 0 Å². The Labute approximate surface area is 103 Å². The molecule has 1 heterocycles. The molecule has 0 fully saturated rings. The van der Waals surface area contributed by atoms with Gasteiger partial charge in [0.25, 0.3) is 0 Å². The van der Waals surface area contributed by atoms with Gasteiger partial charge in [-0.25, -0.2) is 9.36 Å². The predicted molar refractivity (Wildman–Crippen MR) is 66.7 cm³/mol. The number of rotatable bonds is 2. The second-order valence-electron chi connectivity index (χ2n) is 4.39. The van der Waals surface area contributed by atoms with E-state index in [0.29, 0.717) is 11.1 Å². The fraction of sp³-hybridized carbons (Fsp3) is 0.231. The van der Waals surface area contributed by atoms with Crippen LogP contribution in [0.4, 0.5) is 0 Å². The third-order valence-corrected chi connectivity index (χ3v) is 2.56. The first-order chi connectivity index (χ1) is 8.45. The summed E-state index contributed by atoms with van der Waals surface area (Å²) in [4.78, 5) is 11.8. The Morgan fingerprint density at radius 1 is 1.50 bits per heavy atom. The van der Waals surface area contributed by atoms with Crippen molar-refractivity contribution in [2.75, 3.05) is 0 Å². The third-order valence-electron chi connectivity index (χ3n) is 2.56. The fourth-order valence-corrected chi connectivity index (χ4v) is 1.77. The largest absolute Gasteiger partial charge is 0.424 e. The van der Waals surface area contributed by atoms with Crippen molar-refractivity contribution in [1.82, 2.24) is 4.57 Å². The number of nitrogens with zero attached hydrogens (tertiary/aromatic N) is 2. The molecule has 0 aliphatic heterocycles. The van der Waals surface area contributed by atoms with E-state index in [1.807, 2.05) is 6.07 Å². The monoisotopic (exact) mass is 244 g/mol. The number of para-hydroxylation sites is 2. The summed E-state index contributed by atoms with van der Waals surface area (Å²) in [5.41, 5.74) is -0.215. The summed E-state index contributed by atoms with van der Waals surface area (Å²) >= 11 is 0. The third kappa shape index (κ3) is 1.94. The van der Waals surface area contributed by atoms with Crippen LogP contribution in [0.5, 0.6) is 0 Å². The second-order valence-corrected chi connectivity index (χ2v) is 4.39. The minimum absolute atomic E-state index is 0.181. The number of fused-ring (bicyclic) bond motifs is 1. The summed E-state index contributed by atoms with van der Waals surface area (Å²) in [5, 5.41) is 18.8. The van der Waals surface area contributed by atoms with Gasteiger partial charge in [0, 0.05) is 6.08 Å². The van der Waals surface area contributed by atoms with Crippen LogP contribution >= 0.6 is 0 Å². The molecule has 2 aromatic rings. The average Bonchev–Trinajstić information content (AvgIpc) is 2.60. The van der Waals surface area contributed by atoms with Crippen LogP contribution in [0.1, 0.15) is 13.8 Å². The summed E-state index contributed by atoms with van der Waals surface area (Å²) in [5.74, 6) is -0.625. The van der Waals surface area contributed by atoms with E-state index in [-0.39, 0.29) is 5.70 Å².